The fraction of sp³-hybridized carbons (Fsp3) is 0.345. The largest absolute Gasteiger partial charge is 0.417 e. The number of hydrogen-bond acceptors (Lipinski definition) is 5. The lowest BCUT2D eigenvalue weighted by molar-refractivity contribution is -0.137. The fourth-order valence-corrected chi connectivity index (χ4v) is 4.78. The smallest absolute Gasteiger partial charge is 0.370 e. The normalized spacial score (nSPS) is 11.7. The third-order valence-electron chi connectivity index (χ3n) is 6.77. The summed E-state index contributed by atoms with van der Waals surface area (Å²) >= 11 is 0. The van der Waals surface area contributed by atoms with Crippen molar-refractivity contribution >= 4 is 17.0 Å². The molecule has 0 saturated heterocycles. The topological polar surface area (TPSA) is 153 Å². The van der Waals surface area contributed by atoms with Gasteiger partial charge in [-0.2, -0.15) is 18.2 Å². The number of hydrogen-bond donors (Lipinski definition) is 5. The molecule has 0 spiro atoms. The highest BCUT2D eigenvalue weighted by molar-refractivity contribution is 5.84. The highest BCUT2D eigenvalue weighted by atomic mass is 19.4. The van der Waals surface area contributed by atoms with Gasteiger partial charge >= 0.3 is 11.9 Å². The van der Waals surface area contributed by atoms with E-state index in [0.717, 1.165) is 12.0 Å². The van der Waals surface area contributed by atoms with Gasteiger partial charge in [0.05, 0.1) is 11.3 Å². The highest BCUT2D eigenvalue weighted by Crippen LogP contribution is 2.41. The van der Waals surface area contributed by atoms with Crippen LogP contribution in [-0.2, 0) is 25.8 Å². The van der Waals surface area contributed by atoms with Gasteiger partial charge in [-0.05, 0) is 79.7 Å². The Balaban J connectivity index is 1.61. The molecule has 2 aromatic heterocycles. The van der Waals surface area contributed by atoms with Crippen molar-refractivity contribution in [1.82, 2.24) is 19.9 Å². The van der Waals surface area contributed by atoms with Gasteiger partial charge < -0.3 is 27.5 Å². The summed E-state index contributed by atoms with van der Waals surface area (Å²) in [5.41, 5.74) is 16.2. The molecule has 0 bridgehead atoms. The SMILES string of the molecule is NCCCCc1cc(CF)c(C(F)(F)F)c(-c2cc3cn(-c4ccc(CNCCCN=C(N)N)cc4)c(=O)nc3[nH]2)c1. The molecule has 9 nitrogen and oxygen atoms in total. The minimum atomic E-state index is -4.79. The van der Waals surface area contributed by atoms with Crippen LogP contribution < -0.4 is 28.2 Å². The Labute approximate surface area is 239 Å². The molecule has 42 heavy (non-hydrogen) atoms. The summed E-state index contributed by atoms with van der Waals surface area (Å²) in [6.07, 6.45) is -0.674. The Hall–Kier alpha value is -4.23. The molecular weight excluding hydrogens is 552 g/mol. The van der Waals surface area contributed by atoms with Crippen LogP contribution in [0.4, 0.5) is 17.6 Å². The summed E-state index contributed by atoms with van der Waals surface area (Å²) in [7, 11) is 0. The first-order valence-corrected chi connectivity index (χ1v) is 13.6. The van der Waals surface area contributed by atoms with Crippen molar-refractivity contribution in [3.63, 3.8) is 0 Å². The van der Waals surface area contributed by atoms with E-state index in [1.165, 1.54) is 29.0 Å². The molecule has 8 N–H and O–H groups in total. The third kappa shape index (κ3) is 7.53. The number of nitrogens with zero attached hydrogens (tertiary/aromatic N) is 3. The van der Waals surface area contributed by atoms with E-state index < -0.39 is 29.7 Å². The Morgan fingerprint density at radius 1 is 1.05 bits per heavy atom. The average molecular weight is 587 g/mol. The number of unbranched alkanes of at least 4 members (excludes halogenated alkanes) is 1. The van der Waals surface area contributed by atoms with Gasteiger partial charge in [-0.1, -0.05) is 18.2 Å². The summed E-state index contributed by atoms with van der Waals surface area (Å²) in [5.74, 6) is 0.0598. The van der Waals surface area contributed by atoms with Crippen LogP contribution in [0, 0.1) is 0 Å². The average Bonchev–Trinajstić information content (AvgIpc) is 3.36. The summed E-state index contributed by atoms with van der Waals surface area (Å²) in [4.78, 5) is 23.7. The van der Waals surface area contributed by atoms with Gasteiger partial charge in [0, 0.05) is 35.9 Å². The van der Waals surface area contributed by atoms with Crippen molar-refractivity contribution in [3.8, 4) is 16.9 Å². The first-order chi connectivity index (χ1) is 20.1. The molecule has 0 atom stereocenters. The van der Waals surface area contributed by atoms with Gasteiger partial charge in [0.1, 0.15) is 12.3 Å². The van der Waals surface area contributed by atoms with Gasteiger partial charge in [0.25, 0.3) is 0 Å². The predicted octanol–water partition coefficient (Wildman–Crippen LogP) is 3.90. The minimum absolute atomic E-state index is 0.0598. The summed E-state index contributed by atoms with van der Waals surface area (Å²) < 4.78 is 57.6. The highest BCUT2D eigenvalue weighted by Gasteiger charge is 2.37. The van der Waals surface area contributed by atoms with E-state index in [1.807, 2.05) is 12.1 Å². The molecule has 0 aliphatic carbocycles. The van der Waals surface area contributed by atoms with Gasteiger partial charge in [-0.3, -0.25) is 9.56 Å². The van der Waals surface area contributed by atoms with Crippen LogP contribution in [0.15, 0.2) is 58.4 Å². The zero-order valence-corrected chi connectivity index (χ0v) is 23.0. The summed E-state index contributed by atoms with van der Waals surface area (Å²) in [6, 6.07) is 11.4. The zero-order chi connectivity index (χ0) is 30.3. The quantitative estimate of drug-likeness (QED) is 0.0693. The van der Waals surface area contributed by atoms with Crippen LogP contribution in [-0.4, -0.2) is 40.1 Å². The molecule has 0 unspecified atom stereocenters. The maximum absolute atomic E-state index is 14.1. The van der Waals surface area contributed by atoms with Crippen molar-refractivity contribution in [2.75, 3.05) is 19.6 Å². The number of aryl methyl sites for hydroxylation is 1. The number of guanidine groups is 1. The van der Waals surface area contributed by atoms with Crippen molar-refractivity contribution in [2.45, 2.75) is 45.1 Å². The lowest BCUT2D eigenvalue weighted by Gasteiger charge is -2.17. The molecule has 0 saturated carbocycles. The Bertz CT molecular complexity index is 1590. The van der Waals surface area contributed by atoms with E-state index >= 15 is 0 Å². The molecule has 0 aliphatic heterocycles. The zero-order valence-electron chi connectivity index (χ0n) is 23.0. The van der Waals surface area contributed by atoms with E-state index in [-0.39, 0.29) is 22.9 Å². The number of aromatic nitrogens is 3. The molecule has 4 rings (SSSR count). The number of rotatable bonds is 13. The number of fused-ring (bicyclic) bond motifs is 1. The Morgan fingerprint density at radius 3 is 2.48 bits per heavy atom. The van der Waals surface area contributed by atoms with Crippen molar-refractivity contribution in [1.29, 1.82) is 0 Å². The van der Waals surface area contributed by atoms with Crippen LogP contribution in [0.25, 0.3) is 28.0 Å². The molecule has 2 aromatic carbocycles. The van der Waals surface area contributed by atoms with Gasteiger partial charge in [0.15, 0.2) is 5.96 Å². The second kappa shape index (κ2) is 13.6. The lowest BCUT2D eigenvalue weighted by Crippen LogP contribution is -2.23. The molecule has 13 heteroatoms. The molecule has 2 heterocycles. The van der Waals surface area contributed by atoms with Crippen molar-refractivity contribution in [2.24, 2.45) is 22.2 Å². The first-order valence-electron chi connectivity index (χ1n) is 13.6. The van der Waals surface area contributed by atoms with Crippen molar-refractivity contribution < 1.29 is 17.6 Å². The number of alkyl halides is 4. The van der Waals surface area contributed by atoms with Crippen LogP contribution in [0.2, 0.25) is 0 Å². The number of aliphatic imine (C=N–C) groups is 1. The van der Waals surface area contributed by atoms with E-state index in [1.54, 1.807) is 12.1 Å². The maximum atomic E-state index is 14.1. The van der Waals surface area contributed by atoms with Crippen LogP contribution in [0.5, 0.6) is 0 Å². The molecule has 0 amide bonds. The predicted molar refractivity (Wildman–Crippen MR) is 156 cm³/mol. The van der Waals surface area contributed by atoms with E-state index in [9.17, 15) is 22.4 Å². The molecule has 224 valence electrons. The molecule has 0 aliphatic rings. The van der Waals surface area contributed by atoms with E-state index in [0.29, 0.717) is 62.1 Å². The number of nitrogens with one attached hydrogen (secondary N) is 2. The number of H-pyrrole nitrogens is 1. The second-order valence-electron chi connectivity index (χ2n) is 9.94. The maximum Gasteiger partial charge on any atom is 0.417 e. The second-order valence-corrected chi connectivity index (χ2v) is 9.94. The van der Waals surface area contributed by atoms with Gasteiger partial charge in [-0.25, -0.2) is 9.18 Å². The summed E-state index contributed by atoms with van der Waals surface area (Å²) in [5, 5.41) is 3.71. The number of benzene rings is 2. The van der Waals surface area contributed by atoms with Gasteiger partial charge in [0.2, 0.25) is 0 Å². The van der Waals surface area contributed by atoms with E-state index in [4.69, 9.17) is 17.2 Å². The first kappa shape index (κ1) is 30.7. The standard InChI is InChI=1S/C29H34F4N8O/c30-15-20-12-19(4-1-2-9-34)13-23(25(20)29(31,32)33)24-14-21-17-41(28(42)40-26(21)39-24)22-7-5-18(6-8-22)16-37-10-3-11-38-27(35)36/h5-8,12-14,17,37H,1-4,9-11,15-16,34H2,(H4,35,36,38)(H,39,40,42). The molecule has 0 fully saturated rings. The molecule has 4 aromatic rings. The number of aromatic amines is 1. The minimum Gasteiger partial charge on any atom is -0.370 e. The van der Waals surface area contributed by atoms with Gasteiger partial charge in [-0.15, -0.1) is 0 Å². The molecule has 0 radical (unpaired) electrons. The summed E-state index contributed by atoms with van der Waals surface area (Å²) in [6.45, 7) is 1.04. The fourth-order valence-electron chi connectivity index (χ4n) is 4.78. The lowest BCUT2D eigenvalue weighted by atomic mass is 9.93. The third-order valence-corrected chi connectivity index (χ3v) is 6.77. The van der Waals surface area contributed by atoms with Crippen molar-refractivity contribution in [3.05, 3.63) is 81.4 Å². The van der Waals surface area contributed by atoms with E-state index in [2.05, 4.69) is 20.3 Å². The van der Waals surface area contributed by atoms with Crippen LogP contribution in [0.3, 0.4) is 0 Å². The monoisotopic (exact) mass is 586 g/mol. The van der Waals surface area contributed by atoms with Crippen LogP contribution >= 0.6 is 0 Å². The Kier molecular flexibility index (Phi) is 9.96. The molecular formula is C29H34F4N8O. The number of halogens is 4. The number of nitrogens with two attached hydrogens (primary N) is 3. The Morgan fingerprint density at radius 2 is 1.81 bits per heavy atom. The van der Waals surface area contributed by atoms with Crippen LogP contribution in [0.1, 0.15) is 41.5 Å².